The molecular weight excluding hydrogens is 415 g/mol. The van der Waals surface area contributed by atoms with Gasteiger partial charge in [-0.1, -0.05) is 22.4 Å². The SMILES string of the molecule is CC(CN1CCCCC1)NCc1cc(I)ccc1Br. The quantitative estimate of drug-likeness (QED) is 0.701. The zero-order valence-corrected chi connectivity index (χ0v) is 15.2. The van der Waals surface area contributed by atoms with E-state index in [9.17, 15) is 0 Å². The summed E-state index contributed by atoms with van der Waals surface area (Å²) in [5, 5.41) is 3.64. The maximum atomic E-state index is 3.64. The Bertz CT molecular complexity index is 405. The number of halogens is 2. The Morgan fingerprint density at radius 3 is 2.79 bits per heavy atom. The molecular formula is C15H22BrIN2. The van der Waals surface area contributed by atoms with E-state index in [1.807, 2.05) is 0 Å². The minimum absolute atomic E-state index is 0.544. The van der Waals surface area contributed by atoms with Gasteiger partial charge in [-0.3, -0.25) is 0 Å². The minimum Gasteiger partial charge on any atom is -0.309 e. The lowest BCUT2D eigenvalue weighted by Crippen LogP contribution is -2.41. The Labute approximate surface area is 138 Å². The van der Waals surface area contributed by atoms with Crippen molar-refractivity contribution < 1.29 is 0 Å². The summed E-state index contributed by atoms with van der Waals surface area (Å²) in [4.78, 5) is 2.59. The number of nitrogens with zero attached hydrogens (tertiary/aromatic N) is 1. The van der Waals surface area contributed by atoms with E-state index < -0.39 is 0 Å². The smallest absolute Gasteiger partial charge is 0.0220 e. The monoisotopic (exact) mass is 436 g/mol. The van der Waals surface area contributed by atoms with Crippen LogP contribution in [0, 0.1) is 3.57 Å². The Morgan fingerprint density at radius 1 is 1.32 bits per heavy atom. The molecule has 106 valence electrons. The Hall–Kier alpha value is 0.350. The number of nitrogens with one attached hydrogen (secondary N) is 1. The summed E-state index contributed by atoms with van der Waals surface area (Å²) in [7, 11) is 0. The third kappa shape index (κ3) is 5.33. The molecule has 1 unspecified atom stereocenters. The van der Waals surface area contributed by atoms with Crippen molar-refractivity contribution in [3.63, 3.8) is 0 Å². The van der Waals surface area contributed by atoms with Gasteiger partial charge in [0.1, 0.15) is 0 Å². The second kappa shape index (κ2) is 7.96. The van der Waals surface area contributed by atoms with Crippen LogP contribution in [0.4, 0.5) is 0 Å². The lowest BCUT2D eigenvalue weighted by atomic mass is 10.1. The summed E-state index contributed by atoms with van der Waals surface area (Å²) in [5.74, 6) is 0. The van der Waals surface area contributed by atoms with Crippen LogP contribution in [-0.4, -0.2) is 30.6 Å². The molecule has 0 amide bonds. The highest BCUT2D eigenvalue weighted by Crippen LogP contribution is 2.19. The second-order valence-electron chi connectivity index (χ2n) is 5.38. The van der Waals surface area contributed by atoms with Crippen LogP contribution in [0.1, 0.15) is 31.7 Å². The first kappa shape index (κ1) is 15.7. The van der Waals surface area contributed by atoms with Crippen LogP contribution in [0.25, 0.3) is 0 Å². The standard InChI is InChI=1S/C15H22BrIN2/c1-12(11-19-7-3-2-4-8-19)18-10-13-9-14(17)5-6-15(13)16/h5-6,9,12,18H,2-4,7-8,10-11H2,1H3. The normalized spacial score (nSPS) is 18.5. The Balaban J connectivity index is 1.79. The maximum absolute atomic E-state index is 3.64. The van der Waals surface area contributed by atoms with Crippen molar-refractivity contribution in [3.8, 4) is 0 Å². The van der Waals surface area contributed by atoms with Crippen LogP contribution in [0.5, 0.6) is 0 Å². The van der Waals surface area contributed by atoms with E-state index >= 15 is 0 Å². The fourth-order valence-electron chi connectivity index (χ4n) is 2.56. The lowest BCUT2D eigenvalue weighted by Gasteiger charge is -2.29. The van der Waals surface area contributed by atoms with Gasteiger partial charge in [-0.25, -0.2) is 0 Å². The van der Waals surface area contributed by atoms with Crippen LogP contribution in [-0.2, 0) is 6.54 Å². The molecule has 1 aromatic rings. The van der Waals surface area contributed by atoms with Crippen molar-refractivity contribution in [1.29, 1.82) is 0 Å². The van der Waals surface area contributed by atoms with Crippen LogP contribution >= 0.6 is 38.5 Å². The largest absolute Gasteiger partial charge is 0.309 e. The minimum atomic E-state index is 0.544. The number of likely N-dealkylation sites (tertiary alicyclic amines) is 1. The fourth-order valence-corrected chi connectivity index (χ4v) is 3.50. The van der Waals surface area contributed by atoms with Gasteiger partial charge < -0.3 is 10.2 Å². The number of hydrogen-bond donors (Lipinski definition) is 1. The first-order valence-corrected chi connectivity index (χ1v) is 8.92. The molecule has 1 aliphatic rings. The lowest BCUT2D eigenvalue weighted by molar-refractivity contribution is 0.209. The summed E-state index contributed by atoms with van der Waals surface area (Å²) in [6.45, 7) is 6.95. The van der Waals surface area contributed by atoms with E-state index in [1.54, 1.807) is 0 Å². The van der Waals surface area contributed by atoms with Crippen LogP contribution < -0.4 is 5.32 Å². The van der Waals surface area contributed by atoms with Crippen molar-refractivity contribution in [2.45, 2.75) is 38.8 Å². The highest BCUT2D eigenvalue weighted by atomic mass is 127. The van der Waals surface area contributed by atoms with E-state index in [0.29, 0.717) is 6.04 Å². The van der Waals surface area contributed by atoms with Crippen LogP contribution in [0.2, 0.25) is 0 Å². The maximum Gasteiger partial charge on any atom is 0.0220 e. The predicted octanol–water partition coefficient (Wildman–Crippen LogP) is 4.02. The van der Waals surface area contributed by atoms with Crippen LogP contribution in [0.3, 0.4) is 0 Å². The fraction of sp³-hybridized carbons (Fsp3) is 0.600. The summed E-state index contributed by atoms with van der Waals surface area (Å²) in [5.41, 5.74) is 1.34. The van der Waals surface area contributed by atoms with Crippen molar-refractivity contribution in [2.75, 3.05) is 19.6 Å². The van der Waals surface area contributed by atoms with E-state index in [1.165, 1.54) is 52.5 Å². The third-order valence-corrected chi connectivity index (χ3v) is 5.07. The van der Waals surface area contributed by atoms with Gasteiger partial charge >= 0.3 is 0 Å². The molecule has 1 N–H and O–H groups in total. The molecule has 0 bridgehead atoms. The molecule has 1 aliphatic heterocycles. The average Bonchev–Trinajstić information content (AvgIpc) is 2.41. The number of hydrogen-bond acceptors (Lipinski definition) is 2. The van der Waals surface area contributed by atoms with Gasteiger partial charge in [-0.05, 0) is 79.2 Å². The molecule has 2 rings (SSSR count). The van der Waals surface area contributed by atoms with Crippen molar-refractivity contribution >= 4 is 38.5 Å². The molecule has 1 aromatic carbocycles. The molecule has 1 saturated heterocycles. The van der Waals surface area contributed by atoms with E-state index in [2.05, 4.69) is 73.9 Å². The molecule has 1 atom stereocenters. The summed E-state index contributed by atoms with van der Waals surface area (Å²) in [6, 6.07) is 7.05. The van der Waals surface area contributed by atoms with Gasteiger partial charge in [0.25, 0.3) is 0 Å². The van der Waals surface area contributed by atoms with Crippen molar-refractivity contribution in [1.82, 2.24) is 10.2 Å². The molecule has 1 fully saturated rings. The Morgan fingerprint density at radius 2 is 2.05 bits per heavy atom. The molecule has 0 spiro atoms. The molecule has 19 heavy (non-hydrogen) atoms. The number of benzene rings is 1. The topological polar surface area (TPSA) is 15.3 Å². The molecule has 4 heteroatoms. The first-order chi connectivity index (χ1) is 9.15. The van der Waals surface area contributed by atoms with Crippen molar-refractivity contribution in [2.24, 2.45) is 0 Å². The second-order valence-corrected chi connectivity index (χ2v) is 7.48. The summed E-state index contributed by atoms with van der Waals surface area (Å²) >= 11 is 5.99. The molecule has 2 nitrogen and oxygen atoms in total. The third-order valence-electron chi connectivity index (χ3n) is 3.63. The summed E-state index contributed by atoms with van der Waals surface area (Å²) < 4.78 is 2.49. The number of rotatable bonds is 5. The first-order valence-electron chi connectivity index (χ1n) is 7.05. The average molecular weight is 437 g/mol. The van der Waals surface area contributed by atoms with Gasteiger partial charge in [-0.15, -0.1) is 0 Å². The van der Waals surface area contributed by atoms with Crippen LogP contribution in [0.15, 0.2) is 22.7 Å². The molecule has 0 aliphatic carbocycles. The molecule has 0 aromatic heterocycles. The van der Waals surface area contributed by atoms with E-state index in [0.717, 1.165) is 6.54 Å². The van der Waals surface area contributed by atoms with E-state index in [4.69, 9.17) is 0 Å². The van der Waals surface area contributed by atoms with Crippen molar-refractivity contribution in [3.05, 3.63) is 31.8 Å². The predicted molar refractivity (Wildman–Crippen MR) is 93.5 cm³/mol. The molecule has 0 radical (unpaired) electrons. The molecule has 0 saturated carbocycles. The van der Waals surface area contributed by atoms with Gasteiger partial charge in [0.05, 0.1) is 0 Å². The van der Waals surface area contributed by atoms with Gasteiger partial charge in [0, 0.05) is 27.2 Å². The highest BCUT2D eigenvalue weighted by molar-refractivity contribution is 14.1. The molecule has 1 heterocycles. The van der Waals surface area contributed by atoms with Gasteiger partial charge in [0.2, 0.25) is 0 Å². The highest BCUT2D eigenvalue weighted by Gasteiger charge is 2.13. The number of piperidine rings is 1. The summed E-state index contributed by atoms with van der Waals surface area (Å²) in [6.07, 6.45) is 4.15. The Kier molecular flexibility index (Phi) is 6.59. The van der Waals surface area contributed by atoms with E-state index in [-0.39, 0.29) is 0 Å². The van der Waals surface area contributed by atoms with Gasteiger partial charge in [0.15, 0.2) is 0 Å². The zero-order valence-electron chi connectivity index (χ0n) is 11.5. The zero-order chi connectivity index (χ0) is 13.7. The van der Waals surface area contributed by atoms with Gasteiger partial charge in [-0.2, -0.15) is 0 Å².